The van der Waals surface area contributed by atoms with Crippen molar-refractivity contribution in [1.29, 1.82) is 0 Å². The molecule has 0 heterocycles. The minimum atomic E-state index is -0.0656. The Bertz CT molecular complexity index is 508. The Hall–Kier alpha value is -1.06. The van der Waals surface area contributed by atoms with E-state index in [0.29, 0.717) is 24.0 Å². The first-order valence-electron chi connectivity index (χ1n) is 14.4. The summed E-state index contributed by atoms with van der Waals surface area (Å²) in [7, 11) is 0. The van der Waals surface area contributed by atoms with Gasteiger partial charge in [0.05, 0.1) is 25.0 Å². The Morgan fingerprint density at radius 3 is 1.26 bits per heavy atom. The van der Waals surface area contributed by atoms with Crippen molar-refractivity contribution in [3.8, 4) is 0 Å². The van der Waals surface area contributed by atoms with E-state index in [0.717, 1.165) is 51.4 Å². The molecule has 0 radical (unpaired) electrons. The minimum absolute atomic E-state index is 0.0426. The summed E-state index contributed by atoms with van der Waals surface area (Å²) >= 11 is 0. The molecule has 0 bridgehead atoms. The Balaban J connectivity index is 2.09. The number of unbranched alkanes of at least 4 members (excludes halogenated alkanes) is 4. The summed E-state index contributed by atoms with van der Waals surface area (Å²) < 4.78 is 11.1. The van der Waals surface area contributed by atoms with Crippen LogP contribution in [-0.2, 0) is 19.1 Å². The van der Waals surface area contributed by atoms with Crippen LogP contribution in [0.4, 0.5) is 0 Å². The molecule has 4 heteroatoms. The van der Waals surface area contributed by atoms with E-state index in [-0.39, 0.29) is 23.8 Å². The first-order valence-corrected chi connectivity index (χ1v) is 14.4. The van der Waals surface area contributed by atoms with Crippen molar-refractivity contribution < 1.29 is 19.1 Å². The van der Waals surface area contributed by atoms with Gasteiger partial charge in [0.2, 0.25) is 0 Å². The van der Waals surface area contributed by atoms with E-state index in [1.807, 2.05) is 0 Å². The van der Waals surface area contributed by atoms with Gasteiger partial charge in [-0.05, 0) is 75.0 Å². The highest BCUT2D eigenvalue weighted by Crippen LogP contribution is 2.32. The largest absolute Gasteiger partial charge is 0.465 e. The summed E-state index contributed by atoms with van der Waals surface area (Å²) in [6, 6.07) is 0. The molecule has 34 heavy (non-hydrogen) atoms. The smallest absolute Gasteiger partial charge is 0.308 e. The third-order valence-electron chi connectivity index (χ3n) is 7.73. The summed E-state index contributed by atoms with van der Waals surface area (Å²) in [4.78, 5) is 24.8. The lowest BCUT2D eigenvalue weighted by molar-refractivity contribution is -0.155. The van der Waals surface area contributed by atoms with Gasteiger partial charge >= 0.3 is 11.9 Å². The highest BCUT2D eigenvalue weighted by atomic mass is 16.5. The molecule has 1 fully saturated rings. The molecule has 1 rings (SSSR count). The van der Waals surface area contributed by atoms with Gasteiger partial charge in [-0.25, -0.2) is 0 Å². The van der Waals surface area contributed by atoms with Crippen LogP contribution < -0.4 is 0 Å². The maximum absolute atomic E-state index is 12.4. The fraction of sp³-hybridized carbons (Fsp3) is 0.933. The molecule has 0 spiro atoms. The minimum Gasteiger partial charge on any atom is -0.465 e. The highest BCUT2D eigenvalue weighted by Gasteiger charge is 2.31. The standard InChI is InChI=1S/C30H56O4/c1-7-19-29(3,4)21-11-9-13-23-33-27(31)25-15-17-26(18-16-25)28(32)34-24-14-10-12-22-30(5,6)20-8-2/h25-26H,7-24H2,1-6H3. The van der Waals surface area contributed by atoms with Gasteiger partial charge in [0.1, 0.15) is 0 Å². The average Bonchev–Trinajstić information content (AvgIpc) is 2.78. The predicted molar refractivity (Wildman–Crippen MR) is 142 cm³/mol. The third-order valence-corrected chi connectivity index (χ3v) is 7.73. The van der Waals surface area contributed by atoms with Crippen LogP contribution in [-0.4, -0.2) is 25.2 Å². The van der Waals surface area contributed by atoms with Crippen LogP contribution in [0.1, 0.15) is 144 Å². The summed E-state index contributed by atoms with van der Waals surface area (Å²) in [6.07, 6.45) is 17.0. The molecule has 0 unspecified atom stereocenters. The maximum Gasteiger partial charge on any atom is 0.308 e. The van der Waals surface area contributed by atoms with Crippen molar-refractivity contribution in [2.45, 2.75) is 144 Å². The number of carbonyl (C=O) groups is 2. The van der Waals surface area contributed by atoms with Crippen molar-refractivity contribution in [1.82, 2.24) is 0 Å². The first-order chi connectivity index (χ1) is 16.1. The fourth-order valence-electron chi connectivity index (χ4n) is 5.51. The molecule has 0 amide bonds. The zero-order valence-electron chi connectivity index (χ0n) is 23.5. The Morgan fingerprint density at radius 2 is 0.941 bits per heavy atom. The number of hydrogen-bond donors (Lipinski definition) is 0. The van der Waals surface area contributed by atoms with Crippen LogP contribution in [0.15, 0.2) is 0 Å². The number of hydrogen-bond acceptors (Lipinski definition) is 4. The van der Waals surface area contributed by atoms with Crippen molar-refractivity contribution >= 4 is 11.9 Å². The fourth-order valence-corrected chi connectivity index (χ4v) is 5.51. The van der Waals surface area contributed by atoms with Crippen molar-refractivity contribution in [2.75, 3.05) is 13.2 Å². The molecule has 0 atom stereocenters. The molecule has 0 N–H and O–H groups in total. The number of esters is 2. The van der Waals surface area contributed by atoms with Crippen LogP contribution in [0.25, 0.3) is 0 Å². The average molecular weight is 481 g/mol. The molecule has 4 nitrogen and oxygen atoms in total. The number of ether oxygens (including phenoxy) is 2. The molecule has 0 aromatic heterocycles. The zero-order valence-corrected chi connectivity index (χ0v) is 23.5. The number of rotatable bonds is 18. The number of carbonyl (C=O) groups excluding carboxylic acids is 2. The monoisotopic (exact) mass is 480 g/mol. The van der Waals surface area contributed by atoms with Gasteiger partial charge in [-0.3, -0.25) is 9.59 Å². The quantitative estimate of drug-likeness (QED) is 0.145. The van der Waals surface area contributed by atoms with Gasteiger partial charge < -0.3 is 9.47 Å². The van der Waals surface area contributed by atoms with E-state index < -0.39 is 0 Å². The molecule has 1 aliphatic carbocycles. The summed E-state index contributed by atoms with van der Waals surface area (Å²) in [5.41, 5.74) is 0.854. The highest BCUT2D eigenvalue weighted by molar-refractivity contribution is 5.75. The van der Waals surface area contributed by atoms with E-state index >= 15 is 0 Å². The lowest BCUT2D eigenvalue weighted by Crippen LogP contribution is -2.28. The van der Waals surface area contributed by atoms with Crippen LogP contribution in [0.5, 0.6) is 0 Å². The molecule has 0 aromatic carbocycles. The molecule has 1 aliphatic rings. The van der Waals surface area contributed by atoms with E-state index in [9.17, 15) is 9.59 Å². The molecular formula is C30H56O4. The molecule has 0 aliphatic heterocycles. The van der Waals surface area contributed by atoms with Crippen LogP contribution in [0, 0.1) is 22.7 Å². The summed E-state index contributed by atoms with van der Waals surface area (Å²) in [5.74, 6) is -0.216. The Labute approximate surface area is 211 Å². The topological polar surface area (TPSA) is 52.6 Å². The van der Waals surface area contributed by atoms with Gasteiger partial charge in [-0.1, -0.05) is 80.1 Å². The molecule has 0 saturated heterocycles. The summed E-state index contributed by atoms with van der Waals surface area (Å²) in [5, 5.41) is 0. The second-order valence-corrected chi connectivity index (χ2v) is 12.3. The van der Waals surface area contributed by atoms with Crippen LogP contribution in [0.2, 0.25) is 0 Å². The van der Waals surface area contributed by atoms with E-state index in [1.54, 1.807) is 0 Å². The lowest BCUT2D eigenvalue weighted by Gasteiger charge is -2.26. The molecule has 200 valence electrons. The van der Waals surface area contributed by atoms with E-state index in [2.05, 4.69) is 41.5 Å². The van der Waals surface area contributed by atoms with Crippen molar-refractivity contribution in [3.63, 3.8) is 0 Å². The maximum atomic E-state index is 12.4. The van der Waals surface area contributed by atoms with Crippen LogP contribution in [0.3, 0.4) is 0 Å². The Kier molecular flexibility index (Phi) is 15.1. The van der Waals surface area contributed by atoms with Crippen LogP contribution >= 0.6 is 0 Å². The van der Waals surface area contributed by atoms with Gasteiger partial charge in [-0.2, -0.15) is 0 Å². The SMILES string of the molecule is CCCC(C)(C)CCCCCOC(=O)C1CCC(C(=O)OCCCCCC(C)(C)CCC)CC1. The lowest BCUT2D eigenvalue weighted by atomic mass is 9.82. The zero-order chi connectivity index (χ0) is 25.5. The first kappa shape index (κ1) is 31.0. The Morgan fingerprint density at radius 1 is 0.588 bits per heavy atom. The van der Waals surface area contributed by atoms with Crippen molar-refractivity contribution in [2.24, 2.45) is 22.7 Å². The second kappa shape index (κ2) is 16.6. The molecular weight excluding hydrogens is 424 g/mol. The van der Waals surface area contributed by atoms with Crippen molar-refractivity contribution in [3.05, 3.63) is 0 Å². The third kappa shape index (κ3) is 13.7. The second-order valence-electron chi connectivity index (χ2n) is 12.3. The predicted octanol–water partition coefficient (Wildman–Crippen LogP) is 8.65. The molecule has 0 aromatic rings. The van der Waals surface area contributed by atoms with E-state index in [4.69, 9.17) is 9.47 Å². The summed E-state index contributed by atoms with van der Waals surface area (Å²) in [6.45, 7) is 14.9. The van der Waals surface area contributed by atoms with E-state index in [1.165, 1.54) is 51.4 Å². The normalized spacial score (nSPS) is 19.1. The van der Waals surface area contributed by atoms with Gasteiger partial charge in [0.15, 0.2) is 0 Å². The van der Waals surface area contributed by atoms with Gasteiger partial charge in [-0.15, -0.1) is 0 Å². The van der Waals surface area contributed by atoms with Gasteiger partial charge in [0, 0.05) is 0 Å². The van der Waals surface area contributed by atoms with Gasteiger partial charge in [0.25, 0.3) is 0 Å². The molecule has 1 saturated carbocycles.